The number of aromatic nitrogens is 4. The van der Waals surface area contributed by atoms with Crippen LogP contribution in [0.3, 0.4) is 0 Å². The minimum atomic E-state index is 0.587. The van der Waals surface area contributed by atoms with Crippen molar-refractivity contribution in [1.82, 2.24) is 20.4 Å². The Hall–Kier alpha value is -1.58. The second kappa shape index (κ2) is 9.36. The fraction of sp³-hybridized carbons (Fsp3) is 0.600. The van der Waals surface area contributed by atoms with Crippen molar-refractivity contribution in [2.24, 2.45) is 0 Å². The van der Waals surface area contributed by atoms with Crippen LogP contribution in [0.4, 0.5) is 0 Å². The van der Waals surface area contributed by atoms with Gasteiger partial charge >= 0.3 is 0 Å². The van der Waals surface area contributed by atoms with Gasteiger partial charge in [0.25, 0.3) is 0 Å². The van der Waals surface area contributed by atoms with Gasteiger partial charge in [-0.1, -0.05) is 41.5 Å². The molecule has 19 heavy (non-hydrogen) atoms. The summed E-state index contributed by atoms with van der Waals surface area (Å²) >= 11 is 0. The summed E-state index contributed by atoms with van der Waals surface area (Å²) in [6.07, 6.45) is 5.66. The van der Waals surface area contributed by atoms with Crippen LogP contribution in [0.2, 0.25) is 0 Å². The predicted molar refractivity (Wildman–Crippen MR) is 81.4 cm³/mol. The third-order valence-corrected chi connectivity index (χ3v) is 2.68. The van der Waals surface area contributed by atoms with E-state index in [-0.39, 0.29) is 0 Å². The summed E-state index contributed by atoms with van der Waals surface area (Å²) in [6, 6.07) is 0. The van der Waals surface area contributed by atoms with E-state index >= 15 is 0 Å². The van der Waals surface area contributed by atoms with Crippen LogP contribution in [-0.2, 0) is 0 Å². The lowest BCUT2D eigenvalue weighted by Gasteiger charge is -1.99. The standard InChI is InChI=1S/C7H12N2.C6H10N2.C2H6/c1-5(2)7-4-8-9-6(7)3;1-5(2)6-3-7-8-4-6;1-2/h4-5H,1-3H3,(H,8,9);3-5H,1-2H3,(H,7,8);1-2H3. The topological polar surface area (TPSA) is 57.4 Å². The van der Waals surface area contributed by atoms with Gasteiger partial charge in [-0.3, -0.25) is 10.2 Å². The van der Waals surface area contributed by atoms with Gasteiger partial charge in [-0.05, 0) is 29.9 Å². The van der Waals surface area contributed by atoms with Crippen molar-refractivity contribution in [3.05, 3.63) is 35.4 Å². The summed E-state index contributed by atoms with van der Waals surface area (Å²) in [4.78, 5) is 0. The molecule has 0 unspecified atom stereocenters. The summed E-state index contributed by atoms with van der Waals surface area (Å²) < 4.78 is 0. The van der Waals surface area contributed by atoms with Gasteiger partial charge in [0.15, 0.2) is 0 Å². The first-order valence-corrected chi connectivity index (χ1v) is 7.01. The Morgan fingerprint density at radius 3 is 1.79 bits per heavy atom. The molecule has 0 bridgehead atoms. The Labute approximate surface area is 117 Å². The highest BCUT2D eigenvalue weighted by molar-refractivity contribution is 5.17. The number of aromatic amines is 2. The normalized spacial score (nSPS) is 9.74. The lowest BCUT2D eigenvalue weighted by Crippen LogP contribution is -1.86. The smallest absolute Gasteiger partial charge is 0.0524 e. The van der Waals surface area contributed by atoms with E-state index in [1.54, 1.807) is 0 Å². The van der Waals surface area contributed by atoms with E-state index in [4.69, 9.17) is 0 Å². The van der Waals surface area contributed by atoms with Gasteiger partial charge in [0.05, 0.1) is 12.4 Å². The summed E-state index contributed by atoms with van der Waals surface area (Å²) in [7, 11) is 0. The minimum Gasteiger partial charge on any atom is -0.285 e. The Morgan fingerprint density at radius 2 is 1.58 bits per heavy atom. The first kappa shape index (κ1) is 17.4. The van der Waals surface area contributed by atoms with Gasteiger partial charge in [-0.15, -0.1) is 0 Å². The number of nitrogens with one attached hydrogen (secondary N) is 2. The molecular formula is C15H28N4. The van der Waals surface area contributed by atoms with Crippen molar-refractivity contribution in [3.8, 4) is 0 Å². The molecule has 0 amide bonds. The van der Waals surface area contributed by atoms with E-state index in [1.165, 1.54) is 16.8 Å². The molecule has 2 heterocycles. The van der Waals surface area contributed by atoms with E-state index in [2.05, 4.69) is 48.1 Å². The van der Waals surface area contributed by atoms with Crippen molar-refractivity contribution in [2.75, 3.05) is 0 Å². The van der Waals surface area contributed by atoms with Crippen LogP contribution in [0, 0.1) is 6.92 Å². The van der Waals surface area contributed by atoms with Crippen LogP contribution in [0.1, 0.15) is 70.2 Å². The highest BCUT2D eigenvalue weighted by atomic mass is 15.1. The number of hydrogen-bond acceptors (Lipinski definition) is 2. The lowest BCUT2D eigenvalue weighted by molar-refractivity contribution is 0.857. The second-order valence-electron chi connectivity index (χ2n) is 4.79. The molecule has 0 atom stereocenters. The van der Waals surface area contributed by atoms with Gasteiger partial charge in [0, 0.05) is 11.9 Å². The van der Waals surface area contributed by atoms with Crippen molar-refractivity contribution in [3.63, 3.8) is 0 Å². The summed E-state index contributed by atoms with van der Waals surface area (Å²) in [6.45, 7) is 14.7. The Morgan fingerprint density at radius 1 is 0.947 bits per heavy atom. The number of H-pyrrole nitrogens is 2. The zero-order chi connectivity index (χ0) is 14.8. The van der Waals surface area contributed by atoms with Gasteiger partial charge in [0.1, 0.15) is 0 Å². The Kier molecular flexibility index (Phi) is 8.58. The maximum Gasteiger partial charge on any atom is 0.0524 e. The Bertz CT molecular complexity index is 413. The molecular weight excluding hydrogens is 236 g/mol. The zero-order valence-electron chi connectivity index (χ0n) is 13.3. The first-order valence-electron chi connectivity index (χ1n) is 7.01. The van der Waals surface area contributed by atoms with E-state index in [9.17, 15) is 0 Å². The van der Waals surface area contributed by atoms with E-state index in [0.29, 0.717) is 11.8 Å². The highest BCUT2D eigenvalue weighted by Gasteiger charge is 2.02. The van der Waals surface area contributed by atoms with Gasteiger partial charge < -0.3 is 0 Å². The number of rotatable bonds is 2. The number of hydrogen-bond donors (Lipinski definition) is 2. The third kappa shape index (κ3) is 6.22. The molecule has 0 aliphatic rings. The second-order valence-corrected chi connectivity index (χ2v) is 4.79. The van der Waals surface area contributed by atoms with Crippen LogP contribution >= 0.6 is 0 Å². The van der Waals surface area contributed by atoms with Crippen LogP contribution in [0.25, 0.3) is 0 Å². The van der Waals surface area contributed by atoms with Crippen molar-refractivity contribution < 1.29 is 0 Å². The van der Waals surface area contributed by atoms with Gasteiger partial charge in [-0.25, -0.2) is 0 Å². The molecule has 0 aliphatic heterocycles. The SMILES string of the molecule is CC.CC(C)c1cn[nH]c1.Cc1[nH]ncc1C(C)C. The molecule has 0 radical (unpaired) electrons. The first-order chi connectivity index (χ1) is 9.02. The zero-order valence-corrected chi connectivity index (χ0v) is 13.3. The summed E-state index contributed by atoms with van der Waals surface area (Å²) in [5.41, 5.74) is 3.77. The molecule has 0 saturated carbocycles. The molecule has 108 valence electrons. The predicted octanol–water partition coefficient (Wildman–Crippen LogP) is 4.40. The molecule has 2 aromatic heterocycles. The number of aryl methyl sites for hydroxylation is 1. The molecule has 2 N–H and O–H groups in total. The fourth-order valence-electron chi connectivity index (χ4n) is 1.52. The largest absolute Gasteiger partial charge is 0.285 e. The lowest BCUT2D eigenvalue weighted by atomic mass is 10.1. The monoisotopic (exact) mass is 264 g/mol. The molecule has 0 aliphatic carbocycles. The van der Waals surface area contributed by atoms with Crippen LogP contribution in [-0.4, -0.2) is 20.4 Å². The molecule has 0 spiro atoms. The van der Waals surface area contributed by atoms with Crippen LogP contribution < -0.4 is 0 Å². The van der Waals surface area contributed by atoms with Crippen molar-refractivity contribution in [1.29, 1.82) is 0 Å². The third-order valence-electron chi connectivity index (χ3n) is 2.68. The maximum absolute atomic E-state index is 3.92. The molecule has 4 nitrogen and oxygen atoms in total. The van der Waals surface area contributed by atoms with Gasteiger partial charge in [-0.2, -0.15) is 10.2 Å². The minimum absolute atomic E-state index is 0.587. The average Bonchev–Trinajstić information content (AvgIpc) is 3.02. The van der Waals surface area contributed by atoms with E-state index in [1.807, 2.05) is 39.4 Å². The molecule has 0 saturated heterocycles. The molecule has 2 rings (SSSR count). The molecule has 0 fully saturated rings. The fourth-order valence-corrected chi connectivity index (χ4v) is 1.52. The van der Waals surface area contributed by atoms with Crippen LogP contribution in [0.5, 0.6) is 0 Å². The highest BCUT2D eigenvalue weighted by Crippen LogP contribution is 2.14. The van der Waals surface area contributed by atoms with E-state index in [0.717, 1.165) is 0 Å². The summed E-state index contributed by atoms with van der Waals surface area (Å²) in [5, 5.41) is 13.4. The molecule has 2 aromatic rings. The quantitative estimate of drug-likeness (QED) is 0.844. The van der Waals surface area contributed by atoms with Crippen LogP contribution in [0.15, 0.2) is 18.6 Å². The molecule has 4 heteroatoms. The average molecular weight is 264 g/mol. The summed E-state index contributed by atoms with van der Waals surface area (Å²) in [5.74, 6) is 1.18. The van der Waals surface area contributed by atoms with Crippen molar-refractivity contribution in [2.45, 2.75) is 60.3 Å². The van der Waals surface area contributed by atoms with Crippen molar-refractivity contribution >= 4 is 0 Å². The Balaban J connectivity index is 0.000000303. The maximum atomic E-state index is 3.92. The number of nitrogens with zero attached hydrogens (tertiary/aromatic N) is 2. The van der Waals surface area contributed by atoms with E-state index < -0.39 is 0 Å². The van der Waals surface area contributed by atoms with Gasteiger partial charge in [0.2, 0.25) is 0 Å². The molecule has 0 aromatic carbocycles.